The second-order valence-corrected chi connectivity index (χ2v) is 9.04. The van der Waals surface area contributed by atoms with Gasteiger partial charge in [-0.1, -0.05) is 6.07 Å². The van der Waals surface area contributed by atoms with Gasteiger partial charge in [0, 0.05) is 25.9 Å². The molecular formula is C16H24N2O4S. The summed E-state index contributed by atoms with van der Waals surface area (Å²) in [5.41, 5.74) is 0.335. The van der Waals surface area contributed by atoms with Gasteiger partial charge in [-0.05, 0) is 32.9 Å². The summed E-state index contributed by atoms with van der Waals surface area (Å²) in [4.78, 5) is 14.4. The zero-order valence-electron chi connectivity index (χ0n) is 14.5. The number of rotatable bonds is 2. The standard InChI is InChI=1S/C16H24N2O4S/c1-16(2,3)22-15(19)18(5)13-10-21-14-9-11(7-8-12(13)14)23(6,20)17-4/h7-9,13H,10H2,1-6H3/t13-,23?/m1/s1. The maximum absolute atomic E-state index is 12.3. The normalized spacial score (nSPS) is 19.3. The van der Waals surface area contributed by atoms with Crippen LogP contribution in [0.1, 0.15) is 32.4 Å². The smallest absolute Gasteiger partial charge is 0.410 e. The Labute approximate surface area is 138 Å². The number of fused-ring (bicyclic) bond motifs is 1. The van der Waals surface area contributed by atoms with E-state index in [1.165, 1.54) is 11.9 Å². The van der Waals surface area contributed by atoms with Gasteiger partial charge < -0.3 is 14.4 Å². The molecule has 1 amide bonds. The van der Waals surface area contributed by atoms with Crippen LogP contribution in [0, 0.1) is 0 Å². The molecule has 0 aromatic heterocycles. The molecule has 0 N–H and O–H groups in total. The molecule has 0 bridgehead atoms. The minimum absolute atomic E-state index is 0.222. The lowest BCUT2D eigenvalue weighted by atomic mass is 10.1. The lowest BCUT2D eigenvalue weighted by Gasteiger charge is -2.28. The average Bonchev–Trinajstić information content (AvgIpc) is 2.87. The van der Waals surface area contributed by atoms with E-state index in [0.29, 0.717) is 17.3 Å². The fourth-order valence-electron chi connectivity index (χ4n) is 2.30. The summed E-state index contributed by atoms with van der Waals surface area (Å²) in [5, 5.41) is 0. The summed E-state index contributed by atoms with van der Waals surface area (Å²) >= 11 is 0. The molecule has 1 aliphatic rings. The molecule has 6 nitrogen and oxygen atoms in total. The van der Waals surface area contributed by atoms with Crippen molar-refractivity contribution in [2.45, 2.75) is 37.3 Å². The molecule has 1 aliphatic heterocycles. The van der Waals surface area contributed by atoms with Gasteiger partial charge in [0.15, 0.2) is 0 Å². The SMILES string of the molecule is CN=S(C)(=O)c1ccc2c(c1)OC[C@H]2N(C)C(=O)OC(C)(C)C. The van der Waals surface area contributed by atoms with E-state index in [1.807, 2.05) is 26.8 Å². The number of carbonyl (C=O) groups excluding carboxylic acids is 1. The Kier molecular flexibility index (Phi) is 4.61. The molecule has 23 heavy (non-hydrogen) atoms. The Hall–Kier alpha value is -1.76. The third-order valence-corrected chi connectivity index (χ3v) is 5.50. The van der Waals surface area contributed by atoms with Crippen LogP contribution in [0.5, 0.6) is 5.75 Å². The molecule has 2 rings (SSSR count). The van der Waals surface area contributed by atoms with Gasteiger partial charge in [0.25, 0.3) is 0 Å². The largest absolute Gasteiger partial charge is 0.491 e. The van der Waals surface area contributed by atoms with Crippen molar-refractivity contribution in [2.75, 3.05) is 27.0 Å². The number of amides is 1. The van der Waals surface area contributed by atoms with Crippen LogP contribution in [-0.4, -0.2) is 47.8 Å². The van der Waals surface area contributed by atoms with Gasteiger partial charge in [-0.3, -0.25) is 0 Å². The topological polar surface area (TPSA) is 68.2 Å². The van der Waals surface area contributed by atoms with E-state index in [2.05, 4.69) is 4.36 Å². The van der Waals surface area contributed by atoms with Gasteiger partial charge in [-0.15, -0.1) is 0 Å². The lowest BCUT2D eigenvalue weighted by molar-refractivity contribution is 0.0201. The highest BCUT2D eigenvalue weighted by Crippen LogP contribution is 2.37. The highest BCUT2D eigenvalue weighted by Gasteiger charge is 2.33. The highest BCUT2D eigenvalue weighted by molar-refractivity contribution is 7.93. The van der Waals surface area contributed by atoms with E-state index in [9.17, 15) is 9.00 Å². The third-order valence-electron chi connectivity index (χ3n) is 3.68. The third kappa shape index (κ3) is 3.77. The predicted molar refractivity (Wildman–Crippen MR) is 89.4 cm³/mol. The molecule has 0 aliphatic carbocycles. The lowest BCUT2D eigenvalue weighted by Crippen LogP contribution is -2.37. The second kappa shape index (κ2) is 6.03. The molecular weight excluding hydrogens is 316 g/mol. The molecule has 0 saturated heterocycles. The molecule has 1 aromatic rings. The summed E-state index contributed by atoms with van der Waals surface area (Å²) in [6, 6.07) is 5.14. The molecule has 2 atom stereocenters. The number of likely N-dealkylation sites (N-methyl/N-ethyl adjacent to an activating group) is 1. The van der Waals surface area contributed by atoms with E-state index < -0.39 is 21.4 Å². The molecule has 1 heterocycles. The van der Waals surface area contributed by atoms with Gasteiger partial charge in [0.1, 0.15) is 18.0 Å². The first-order valence-electron chi connectivity index (χ1n) is 7.38. The van der Waals surface area contributed by atoms with Gasteiger partial charge >= 0.3 is 6.09 Å². The van der Waals surface area contributed by atoms with Crippen molar-refractivity contribution in [1.29, 1.82) is 0 Å². The Morgan fingerprint density at radius 2 is 2.09 bits per heavy atom. The molecule has 0 saturated carbocycles. The van der Waals surface area contributed by atoms with Crippen LogP contribution in [-0.2, 0) is 14.5 Å². The zero-order valence-corrected chi connectivity index (χ0v) is 15.3. The predicted octanol–water partition coefficient (Wildman–Crippen LogP) is 3.07. The molecule has 1 unspecified atom stereocenters. The first-order valence-corrected chi connectivity index (χ1v) is 9.30. The molecule has 1 aromatic carbocycles. The van der Waals surface area contributed by atoms with Crippen molar-refractivity contribution >= 4 is 15.8 Å². The number of ether oxygens (including phenoxy) is 2. The number of hydrogen-bond acceptors (Lipinski definition) is 5. The second-order valence-electron chi connectivity index (χ2n) is 6.60. The summed E-state index contributed by atoms with van der Waals surface area (Å²) in [7, 11) is 0.819. The van der Waals surface area contributed by atoms with Crippen molar-refractivity contribution in [3.8, 4) is 5.75 Å². The van der Waals surface area contributed by atoms with Crippen molar-refractivity contribution in [3.05, 3.63) is 23.8 Å². The van der Waals surface area contributed by atoms with Crippen LogP contribution in [0.4, 0.5) is 4.79 Å². The van der Waals surface area contributed by atoms with Gasteiger partial charge in [-0.2, -0.15) is 0 Å². The van der Waals surface area contributed by atoms with Crippen LogP contribution in [0.15, 0.2) is 27.5 Å². The maximum atomic E-state index is 12.3. The Balaban J connectivity index is 2.26. The molecule has 7 heteroatoms. The maximum Gasteiger partial charge on any atom is 0.410 e. The molecule has 0 fully saturated rings. The first-order chi connectivity index (χ1) is 10.5. The van der Waals surface area contributed by atoms with Crippen molar-refractivity contribution in [3.63, 3.8) is 0 Å². The number of hydrogen-bond donors (Lipinski definition) is 0. The fourth-order valence-corrected chi connectivity index (χ4v) is 3.15. The van der Waals surface area contributed by atoms with Gasteiger partial charge in [0.2, 0.25) is 0 Å². The summed E-state index contributed by atoms with van der Waals surface area (Å²) in [5.74, 6) is 0.640. The number of benzene rings is 1. The van der Waals surface area contributed by atoms with E-state index in [-0.39, 0.29) is 6.04 Å². The Morgan fingerprint density at radius 1 is 1.43 bits per heavy atom. The summed E-state index contributed by atoms with van der Waals surface area (Å²) < 4.78 is 27.3. The van der Waals surface area contributed by atoms with Crippen LogP contribution in [0.25, 0.3) is 0 Å². The average molecular weight is 340 g/mol. The van der Waals surface area contributed by atoms with Crippen LogP contribution < -0.4 is 4.74 Å². The minimum Gasteiger partial charge on any atom is -0.491 e. The summed E-state index contributed by atoms with van der Waals surface area (Å²) in [6.07, 6.45) is 1.19. The van der Waals surface area contributed by atoms with Crippen molar-refractivity contribution in [1.82, 2.24) is 4.90 Å². The van der Waals surface area contributed by atoms with Crippen LogP contribution in [0.3, 0.4) is 0 Å². The quantitative estimate of drug-likeness (QED) is 0.830. The van der Waals surface area contributed by atoms with E-state index in [4.69, 9.17) is 9.47 Å². The number of carbonyl (C=O) groups is 1. The van der Waals surface area contributed by atoms with Crippen molar-refractivity contribution in [2.24, 2.45) is 4.36 Å². The Morgan fingerprint density at radius 3 is 2.65 bits per heavy atom. The van der Waals surface area contributed by atoms with Crippen molar-refractivity contribution < 1.29 is 18.5 Å². The van der Waals surface area contributed by atoms with Gasteiger partial charge in [-0.25, -0.2) is 13.4 Å². The van der Waals surface area contributed by atoms with E-state index >= 15 is 0 Å². The summed E-state index contributed by atoms with van der Waals surface area (Å²) in [6.45, 7) is 5.84. The highest BCUT2D eigenvalue weighted by atomic mass is 32.2. The zero-order chi connectivity index (χ0) is 17.4. The molecule has 128 valence electrons. The monoisotopic (exact) mass is 340 g/mol. The minimum atomic E-state index is -2.41. The van der Waals surface area contributed by atoms with Crippen LogP contribution in [0.2, 0.25) is 0 Å². The molecule has 0 radical (unpaired) electrons. The Bertz CT molecular complexity index is 730. The van der Waals surface area contributed by atoms with E-state index in [0.717, 1.165) is 5.56 Å². The first kappa shape index (κ1) is 17.6. The fraction of sp³-hybridized carbons (Fsp3) is 0.562. The molecule has 0 spiro atoms. The van der Waals surface area contributed by atoms with Crippen LogP contribution >= 0.6 is 0 Å². The number of nitrogens with zero attached hydrogens (tertiary/aromatic N) is 2. The van der Waals surface area contributed by atoms with Gasteiger partial charge in [0.05, 0.1) is 20.7 Å². The van der Waals surface area contributed by atoms with E-state index in [1.54, 1.807) is 25.4 Å².